The van der Waals surface area contributed by atoms with E-state index in [1.54, 1.807) is 7.11 Å². The number of sulfonamides is 1. The lowest BCUT2D eigenvalue weighted by Crippen LogP contribution is -2.46. The molecule has 1 N–H and O–H groups in total. The van der Waals surface area contributed by atoms with E-state index in [1.165, 1.54) is 10.6 Å². The van der Waals surface area contributed by atoms with Gasteiger partial charge in [-0.25, -0.2) is 8.42 Å². The Kier molecular flexibility index (Phi) is 7.90. The molecule has 1 aliphatic rings. The van der Waals surface area contributed by atoms with E-state index in [2.05, 4.69) is 5.32 Å². The van der Waals surface area contributed by atoms with E-state index in [9.17, 15) is 13.2 Å². The average Bonchev–Trinajstić information content (AvgIpc) is 2.88. The van der Waals surface area contributed by atoms with Crippen molar-refractivity contribution in [3.63, 3.8) is 0 Å². The highest BCUT2D eigenvalue weighted by atomic mass is 32.2. The van der Waals surface area contributed by atoms with Crippen molar-refractivity contribution >= 4 is 15.9 Å². The number of methoxy groups -OCH3 is 1. The van der Waals surface area contributed by atoms with Crippen LogP contribution in [0.15, 0.2) is 24.3 Å². The Hall–Kier alpha value is -1.60. The van der Waals surface area contributed by atoms with E-state index >= 15 is 0 Å². The second-order valence-electron chi connectivity index (χ2n) is 6.91. The lowest BCUT2D eigenvalue weighted by atomic mass is 10.1. The molecule has 2 rings (SSSR count). The molecule has 7 heteroatoms. The Bertz CT molecular complexity index is 683. The summed E-state index contributed by atoms with van der Waals surface area (Å²) in [6.45, 7) is 0.371. The summed E-state index contributed by atoms with van der Waals surface area (Å²) in [6, 6.07) is 7.63. The molecule has 1 aromatic carbocycles. The molecular formula is C19H30N2O4S. The van der Waals surface area contributed by atoms with Crippen molar-refractivity contribution in [2.24, 2.45) is 0 Å². The van der Waals surface area contributed by atoms with E-state index in [1.807, 2.05) is 24.3 Å². The van der Waals surface area contributed by atoms with Gasteiger partial charge >= 0.3 is 0 Å². The molecule has 0 aromatic heterocycles. The van der Waals surface area contributed by atoms with Crippen LogP contribution < -0.4 is 10.1 Å². The molecule has 1 aliphatic carbocycles. The highest BCUT2D eigenvalue weighted by Gasteiger charge is 2.29. The second-order valence-corrected chi connectivity index (χ2v) is 8.84. The molecule has 1 aromatic rings. The van der Waals surface area contributed by atoms with Crippen LogP contribution in [0.1, 0.15) is 44.1 Å². The molecule has 26 heavy (non-hydrogen) atoms. The van der Waals surface area contributed by atoms with Crippen molar-refractivity contribution in [1.29, 1.82) is 0 Å². The summed E-state index contributed by atoms with van der Waals surface area (Å²) in [7, 11) is -1.79. The standard InChI is InChI=1S/C19H30N2O4S/c1-25-18-11-7-8-16(14-18)12-13-20-19(22)15-21(26(2,23)24)17-9-5-3-4-6-10-17/h7-8,11,14,17H,3-6,9-10,12-13,15H2,1-2H3,(H,20,22). The number of ether oxygens (including phenoxy) is 1. The van der Waals surface area contributed by atoms with E-state index in [4.69, 9.17) is 4.74 Å². The number of benzene rings is 1. The van der Waals surface area contributed by atoms with Gasteiger partial charge in [-0.3, -0.25) is 4.79 Å². The monoisotopic (exact) mass is 382 g/mol. The van der Waals surface area contributed by atoms with Crippen LogP contribution in [0, 0.1) is 0 Å². The lowest BCUT2D eigenvalue weighted by molar-refractivity contribution is -0.121. The van der Waals surface area contributed by atoms with E-state index in [0.29, 0.717) is 13.0 Å². The van der Waals surface area contributed by atoms with Gasteiger partial charge in [-0.15, -0.1) is 0 Å². The minimum Gasteiger partial charge on any atom is -0.497 e. The van der Waals surface area contributed by atoms with Gasteiger partial charge in [-0.2, -0.15) is 4.31 Å². The van der Waals surface area contributed by atoms with Crippen LogP contribution in [0.3, 0.4) is 0 Å². The fourth-order valence-corrected chi connectivity index (χ4v) is 4.54. The molecule has 146 valence electrons. The van der Waals surface area contributed by atoms with E-state index in [0.717, 1.165) is 49.8 Å². The van der Waals surface area contributed by atoms with Crippen LogP contribution >= 0.6 is 0 Å². The summed E-state index contributed by atoms with van der Waals surface area (Å²) < 4.78 is 30.9. The summed E-state index contributed by atoms with van der Waals surface area (Å²) in [5.74, 6) is 0.535. The summed E-state index contributed by atoms with van der Waals surface area (Å²) in [5.41, 5.74) is 1.06. The first-order chi connectivity index (χ1) is 12.4. The molecule has 0 aliphatic heterocycles. The lowest BCUT2D eigenvalue weighted by Gasteiger charge is -2.28. The molecule has 1 saturated carbocycles. The number of nitrogens with one attached hydrogen (secondary N) is 1. The van der Waals surface area contributed by atoms with Crippen LogP contribution in [0.4, 0.5) is 0 Å². The minimum atomic E-state index is -3.41. The zero-order valence-electron chi connectivity index (χ0n) is 15.7. The Morgan fingerprint density at radius 2 is 1.92 bits per heavy atom. The topological polar surface area (TPSA) is 75.7 Å². The van der Waals surface area contributed by atoms with Gasteiger partial charge in [-0.1, -0.05) is 37.8 Å². The number of rotatable bonds is 8. The van der Waals surface area contributed by atoms with Crippen LogP contribution in [-0.4, -0.2) is 51.1 Å². The predicted molar refractivity (Wildman–Crippen MR) is 103 cm³/mol. The van der Waals surface area contributed by atoms with Gasteiger partial charge in [0.05, 0.1) is 19.9 Å². The molecule has 0 spiro atoms. The van der Waals surface area contributed by atoms with Gasteiger partial charge < -0.3 is 10.1 Å². The third-order valence-corrected chi connectivity index (χ3v) is 6.11. The van der Waals surface area contributed by atoms with Gasteiger partial charge in [-0.05, 0) is 37.0 Å². The maximum atomic E-state index is 12.3. The first-order valence-electron chi connectivity index (χ1n) is 9.26. The minimum absolute atomic E-state index is 0.0587. The summed E-state index contributed by atoms with van der Waals surface area (Å²) in [5, 5.41) is 2.84. The molecule has 6 nitrogen and oxygen atoms in total. The summed E-state index contributed by atoms with van der Waals surface area (Å²) in [4.78, 5) is 12.3. The first kappa shape index (κ1) is 20.7. The van der Waals surface area contributed by atoms with Crippen molar-refractivity contribution in [1.82, 2.24) is 9.62 Å². The third-order valence-electron chi connectivity index (χ3n) is 4.83. The normalized spacial score (nSPS) is 16.3. The average molecular weight is 383 g/mol. The quantitative estimate of drug-likeness (QED) is 0.700. The maximum Gasteiger partial charge on any atom is 0.235 e. The fraction of sp³-hybridized carbons (Fsp3) is 0.632. The number of nitrogens with zero attached hydrogens (tertiary/aromatic N) is 1. The molecule has 1 amide bonds. The Labute approximate surface area is 157 Å². The van der Waals surface area contributed by atoms with Crippen molar-refractivity contribution in [2.75, 3.05) is 26.5 Å². The molecule has 1 fully saturated rings. The fourth-order valence-electron chi connectivity index (χ4n) is 3.43. The van der Waals surface area contributed by atoms with Crippen LogP contribution in [0.5, 0.6) is 5.75 Å². The summed E-state index contributed by atoms with van der Waals surface area (Å²) in [6.07, 6.45) is 7.87. The van der Waals surface area contributed by atoms with E-state index < -0.39 is 10.0 Å². The highest BCUT2D eigenvalue weighted by molar-refractivity contribution is 7.88. The van der Waals surface area contributed by atoms with Gasteiger partial charge in [0.25, 0.3) is 0 Å². The first-order valence-corrected chi connectivity index (χ1v) is 11.1. The molecular weight excluding hydrogens is 352 g/mol. The molecule has 0 bridgehead atoms. The zero-order valence-corrected chi connectivity index (χ0v) is 16.6. The maximum absolute atomic E-state index is 12.3. The Morgan fingerprint density at radius 3 is 2.54 bits per heavy atom. The Balaban J connectivity index is 1.88. The Morgan fingerprint density at radius 1 is 1.23 bits per heavy atom. The highest BCUT2D eigenvalue weighted by Crippen LogP contribution is 2.23. The molecule has 0 heterocycles. The van der Waals surface area contributed by atoms with Gasteiger partial charge in [0, 0.05) is 12.6 Å². The number of carbonyl (C=O) groups excluding carboxylic acids is 1. The smallest absolute Gasteiger partial charge is 0.235 e. The SMILES string of the molecule is COc1cccc(CCNC(=O)CN(C2CCCCCC2)S(C)(=O)=O)c1. The van der Waals surface area contributed by atoms with Crippen LogP contribution in [0.25, 0.3) is 0 Å². The third kappa shape index (κ3) is 6.61. The van der Waals surface area contributed by atoms with Gasteiger partial charge in [0.15, 0.2) is 0 Å². The predicted octanol–water partition coefficient (Wildman–Crippen LogP) is 2.34. The second kappa shape index (κ2) is 9.92. The number of carbonyl (C=O) groups is 1. The van der Waals surface area contributed by atoms with Crippen LogP contribution in [-0.2, 0) is 21.2 Å². The van der Waals surface area contributed by atoms with Crippen molar-refractivity contribution in [2.45, 2.75) is 51.0 Å². The molecule has 0 unspecified atom stereocenters. The largest absolute Gasteiger partial charge is 0.497 e. The zero-order chi connectivity index (χ0) is 19.0. The summed E-state index contributed by atoms with van der Waals surface area (Å²) >= 11 is 0. The molecule has 0 radical (unpaired) electrons. The van der Waals surface area contributed by atoms with Crippen molar-refractivity contribution < 1.29 is 17.9 Å². The van der Waals surface area contributed by atoms with Gasteiger partial charge in [0.2, 0.25) is 15.9 Å². The van der Waals surface area contributed by atoms with E-state index in [-0.39, 0.29) is 18.5 Å². The number of amides is 1. The van der Waals surface area contributed by atoms with Crippen molar-refractivity contribution in [3.8, 4) is 5.75 Å². The molecule has 0 saturated heterocycles. The van der Waals surface area contributed by atoms with Crippen molar-refractivity contribution in [3.05, 3.63) is 29.8 Å². The van der Waals surface area contributed by atoms with Crippen LogP contribution in [0.2, 0.25) is 0 Å². The molecule has 0 atom stereocenters. The number of hydrogen-bond donors (Lipinski definition) is 1. The number of hydrogen-bond acceptors (Lipinski definition) is 4. The van der Waals surface area contributed by atoms with Gasteiger partial charge in [0.1, 0.15) is 5.75 Å².